The number of aromatic nitrogens is 1. The molecule has 6 nitrogen and oxygen atoms in total. The second-order valence-electron chi connectivity index (χ2n) is 7.35. The zero-order valence-electron chi connectivity index (χ0n) is 16.5. The van der Waals surface area contributed by atoms with Crippen molar-refractivity contribution in [3.8, 4) is 5.75 Å². The Hall–Kier alpha value is -3.28. The SMILES string of the molecule is COc1ccc2[nH]cc(CC(=O)Nc3ccccc3C(=O)N3CCCCC3)c2c1. The van der Waals surface area contributed by atoms with Gasteiger partial charge in [0.2, 0.25) is 5.91 Å². The van der Waals surface area contributed by atoms with E-state index < -0.39 is 0 Å². The van der Waals surface area contributed by atoms with Gasteiger partial charge in [-0.05, 0) is 55.2 Å². The third-order valence-corrected chi connectivity index (χ3v) is 5.40. The minimum absolute atomic E-state index is 0.0163. The number of aromatic amines is 1. The van der Waals surface area contributed by atoms with E-state index in [0.29, 0.717) is 11.3 Å². The summed E-state index contributed by atoms with van der Waals surface area (Å²) in [6.07, 6.45) is 5.28. The number of carbonyl (C=O) groups is 2. The minimum Gasteiger partial charge on any atom is -0.497 e. The van der Waals surface area contributed by atoms with Gasteiger partial charge in [-0.2, -0.15) is 0 Å². The maximum Gasteiger partial charge on any atom is 0.255 e. The van der Waals surface area contributed by atoms with Crippen LogP contribution >= 0.6 is 0 Å². The molecule has 0 bridgehead atoms. The smallest absolute Gasteiger partial charge is 0.255 e. The van der Waals surface area contributed by atoms with Crippen molar-refractivity contribution in [3.05, 3.63) is 59.8 Å². The first-order chi connectivity index (χ1) is 14.2. The van der Waals surface area contributed by atoms with Crippen molar-refractivity contribution in [3.63, 3.8) is 0 Å². The molecule has 0 radical (unpaired) electrons. The average Bonchev–Trinajstić information content (AvgIpc) is 3.16. The van der Waals surface area contributed by atoms with Gasteiger partial charge in [0, 0.05) is 30.2 Å². The fourth-order valence-corrected chi connectivity index (χ4v) is 3.84. The van der Waals surface area contributed by atoms with E-state index in [1.165, 1.54) is 0 Å². The molecule has 0 saturated carbocycles. The number of hydrogen-bond donors (Lipinski definition) is 2. The Morgan fingerprint density at radius 3 is 2.69 bits per heavy atom. The van der Waals surface area contributed by atoms with Crippen LogP contribution in [0.1, 0.15) is 35.2 Å². The van der Waals surface area contributed by atoms with Crippen LogP contribution in [0.2, 0.25) is 0 Å². The van der Waals surface area contributed by atoms with Gasteiger partial charge in [-0.15, -0.1) is 0 Å². The van der Waals surface area contributed by atoms with Crippen LogP contribution in [-0.4, -0.2) is 41.9 Å². The number of likely N-dealkylation sites (tertiary alicyclic amines) is 1. The Labute approximate surface area is 169 Å². The Morgan fingerprint density at radius 2 is 1.90 bits per heavy atom. The Kier molecular flexibility index (Phi) is 5.51. The number of fused-ring (bicyclic) bond motifs is 1. The molecule has 0 unspecified atom stereocenters. The summed E-state index contributed by atoms with van der Waals surface area (Å²) in [6, 6.07) is 13.0. The first kappa shape index (κ1) is 19.1. The molecule has 1 saturated heterocycles. The lowest BCUT2D eigenvalue weighted by molar-refractivity contribution is -0.115. The average molecular weight is 391 g/mol. The molecule has 0 aliphatic carbocycles. The van der Waals surface area contributed by atoms with Gasteiger partial charge in [0.1, 0.15) is 5.75 Å². The van der Waals surface area contributed by atoms with E-state index in [9.17, 15) is 9.59 Å². The number of para-hydroxylation sites is 1. The third kappa shape index (κ3) is 4.11. The van der Waals surface area contributed by atoms with Crippen LogP contribution in [0.3, 0.4) is 0 Å². The van der Waals surface area contributed by atoms with Gasteiger partial charge >= 0.3 is 0 Å². The highest BCUT2D eigenvalue weighted by Gasteiger charge is 2.21. The standard InChI is InChI=1S/C23H25N3O3/c1-29-17-9-10-20-19(14-17)16(15-24-20)13-22(27)25-21-8-4-3-7-18(21)23(28)26-11-5-2-6-12-26/h3-4,7-10,14-15,24H,2,5-6,11-13H2,1H3,(H,25,27). The predicted octanol–water partition coefficient (Wildman–Crippen LogP) is 3.98. The highest BCUT2D eigenvalue weighted by molar-refractivity contribution is 6.04. The van der Waals surface area contributed by atoms with E-state index in [2.05, 4.69) is 10.3 Å². The maximum atomic E-state index is 12.9. The molecule has 2 N–H and O–H groups in total. The van der Waals surface area contributed by atoms with E-state index in [1.807, 2.05) is 41.4 Å². The van der Waals surface area contributed by atoms with Gasteiger partial charge in [-0.1, -0.05) is 12.1 Å². The fraction of sp³-hybridized carbons (Fsp3) is 0.304. The molecule has 1 fully saturated rings. The summed E-state index contributed by atoms with van der Waals surface area (Å²) in [5.74, 6) is 0.571. The van der Waals surface area contributed by atoms with Crippen LogP contribution in [0.4, 0.5) is 5.69 Å². The number of amides is 2. The number of piperidine rings is 1. The number of nitrogens with zero attached hydrogens (tertiary/aromatic N) is 1. The van der Waals surface area contributed by atoms with Crippen LogP contribution in [0.5, 0.6) is 5.75 Å². The molecule has 2 aromatic carbocycles. The van der Waals surface area contributed by atoms with Crippen LogP contribution < -0.4 is 10.1 Å². The second-order valence-corrected chi connectivity index (χ2v) is 7.35. The fourth-order valence-electron chi connectivity index (χ4n) is 3.84. The highest BCUT2D eigenvalue weighted by Crippen LogP contribution is 2.25. The molecule has 0 spiro atoms. The number of rotatable bonds is 5. The lowest BCUT2D eigenvalue weighted by atomic mass is 10.1. The second kappa shape index (κ2) is 8.39. The van der Waals surface area contributed by atoms with Crippen LogP contribution in [-0.2, 0) is 11.2 Å². The first-order valence-electron chi connectivity index (χ1n) is 9.98. The molecular weight excluding hydrogens is 366 g/mol. The number of carbonyl (C=O) groups excluding carboxylic acids is 2. The number of H-pyrrole nitrogens is 1. The molecule has 1 aliphatic heterocycles. The Bertz CT molecular complexity index is 1030. The first-order valence-corrected chi connectivity index (χ1v) is 9.98. The summed E-state index contributed by atoms with van der Waals surface area (Å²) in [5.41, 5.74) is 2.94. The van der Waals surface area contributed by atoms with Gasteiger partial charge < -0.3 is 19.9 Å². The van der Waals surface area contributed by atoms with Crippen LogP contribution in [0.25, 0.3) is 10.9 Å². The Balaban J connectivity index is 1.51. The van der Waals surface area contributed by atoms with Gasteiger partial charge in [0.15, 0.2) is 0 Å². The largest absolute Gasteiger partial charge is 0.497 e. The zero-order valence-corrected chi connectivity index (χ0v) is 16.5. The lowest BCUT2D eigenvalue weighted by Crippen LogP contribution is -2.36. The van der Waals surface area contributed by atoms with E-state index in [0.717, 1.165) is 54.6 Å². The van der Waals surface area contributed by atoms with Crippen molar-refractivity contribution in [2.75, 3.05) is 25.5 Å². The van der Waals surface area contributed by atoms with Crippen LogP contribution in [0, 0.1) is 0 Å². The molecule has 2 heterocycles. The number of benzene rings is 2. The van der Waals surface area contributed by atoms with E-state index in [1.54, 1.807) is 19.2 Å². The maximum absolute atomic E-state index is 12.9. The van der Waals surface area contributed by atoms with Crippen molar-refractivity contribution in [1.29, 1.82) is 0 Å². The number of hydrogen-bond acceptors (Lipinski definition) is 3. The number of anilines is 1. The highest BCUT2D eigenvalue weighted by atomic mass is 16.5. The molecule has 29 heavy (non-hydrogen) atoms. The van der Waals surface area contributed by atoms with Gasteiger partial charge in [-0.3, -0.25) is 9.59 Å². The van der Waals surface area contributed by atoms with E-state index in [-0.39, 0.29) is 18.2 Å². The summed E-state index contributed by atoms with van der Waals surface area (Å²) < 4.78 is 5.29. The number of nitrogens with one attached hydrogen (secondary N) is 2. The Morgan fingerprint density at radius 1 is 1.10 bits per heavy atom. The molecular formula is C23H25N3O3. The third-order valence-electron chi connectivity index (χ3n) is 5.40. The van der Waals surface area contributed by atoms with E-state index in [4.69, 9.17) is 4.74 Å². The molecule has 150 valence electrons. The summed E-state index contributed by atoms with van der Waals surface area (Å²) in [6.45, 7) is 1.55. The normalized spacial score (nSPS) is 14.0. The molecule has 3 aromatic rings. The van der Waals surface area contributed by atoms with Crippen molar-refractivity contribution >= 4 is 28.4 Å². The van der Waals surface area contributed by atoms with Crippen molar-refractivity contribution in [2.45, 2.75) is 25.7 Å². The van der Waals surface area contributed by atoms with E-state index >= 15 is 0 Å². The molecule has 1 aromatic heterocycles. The van der Waals surface area contributed by atoms with Crippen LogP contribution in [0.15, 0.2) is 48.7 Å². The van der Waals surface area contributed by atoms with Gasteiger partial charge in [0.25, 0.3) is 5.91 Å². The topological polar surface area (TPSA) is 74.4 Å². The lowest BCUT2D eigenvalue weighted by Gasteiger charge is -2.27. The van der Waals surface area contributed by atoms with Crippen molar-refractivity contribution in [2.24, 2.45) is 0 Å². The van der Waals surface area contributed by atoms with Gasteiger partial charge in [0.05, 0.1) is 24.8 Å². The minimum atomic E-state index is -0.160. The monoisotopic (exact) mass is 391 g/mol. The molecule has 6 heteroatoms. The molecule has 4 rings (SSSR count). The summed E-state index contributed by atoms with van der Waals surface area (Å²) in [5, 5.41) is 3.89. The summed E-state index contributed by atoms with van der Waals surface area (Å²) in [4.78, 5) is 30.7. The molecule has 0 atom stereocenters. The zero-order chi connectivity index (χ0) is 20.2. The molecule has 1 aliphatic rings. The quantitative estimate of drug-likeness (QED) is 0.691. The molecule has 2 amide bonds. The summed E-state index contributed by atoms with van der Waals surface area (Å²) in [7, 11) is 1.62. The predicted molar refractivity (Wildman–Crippen MR) is 113 cm³/mol. The van der Waals surface area contributed by atoms with Crippen molar-refractivity contribution < 1.29 is 14.3 Å². The van der Waals surface area contributed by atoms with Crippen molar-refractivity contribution in [1.82, 2.24) is 9.88 Å². The number of ether oxygens (including phenoxy) is 1. The summed E-state index contributed by atoms with van der Waals surface area (Å²) >= 11 is 0. The van der Waals surface area contributed by atoms with Gasteiger partial charge in [-0.25, -0.2) is 0 Å². The number of methoxy groups -OCH3 is 1.